The van der Waals surface area contributed by atoms with Gasteiger partial charge < -0.3 is 10.2 Å². The molecule has 0 aromatic heterocycles. The van der Waals surface area contributed by atoms with Crippen LogP contribution in [0.15, 0.2) is 24.3 Å². The molecule has 3 nitrogen and oxygen atoms in total. The summed E-state index contributed by atoms with van der Waals surface area (Å²) in [4.78, 5) is 14.7. The monoisotopic (exact) mass is 260 g/mol. The maximum absolute atomic E-state index is 12.6. The molecule has 0 spiro atoms. The normalized spacial score (nSPS) is 19.5. The summed E-state index contributed by atoms with van der Waals surface area (Å²) in [5.41, 5.74) is 1.98. The SMILES string of the molecule is CNCCC1CCCCN1C(=O)c1cccc(C)c1. The van der Waals surface area contributed by atoms with E-state index in [1.165, 1.54) is 6.42 Å². The smallest absolute Gasteiger partial charge is 0.254 e. The molecular weight excluding hydrogens is 236 g/mol. The van der Waals surface area contributed by atoms with Crippen LogP contribution in [0.1, 0.15) is 41.6 Å². The molecule has 104 valence electrons. The van der Waals surface area contributed by atoms with Gasteiger partial charge in [0, 0.05) is 18.2 Å². The molecule has 2 rings (SSSR count). The van der Waals surface area contributed by atoms with Gasteiger partial charge in [-0.15, -0.1) is 0 Å². The predicted octanol–water partition coefficient (Wildman–Crippen LogP) is 2.60. The molecule has 1 heterocycles. The third kappa shape index (κ3) is 3.57. The van der Waals surface area contributed by atoms with Crippen molar-refractivity contribution in [3.05, 3.63) is 35.4 Å². The lowest BCUT2D eigenvalue weighted by molar-refractivity contribution is 0.0602. The van der Waals surface area contributed by atoms with Crippen molar-refractivity contribution in [2.75, 3.05) is 20.1 Å². The molecule has 0 saturated carbocycles. The molecule has 0 aliphatic carbocycles. The van der Waals surface area contributed by atoms with Gasteiger partial charge in [-0.2, -0.15) is 0 Å². The van der Waals surface area contributed by atoms with Crippen molar-refractivity contribution in [2.24, 2.45) is 0 Å². The number of piperidine rings is 1. The highest BCUT2D eigenvalue weighted by atomic mass is 16.2. The van der Waals surface area contributed by atoms with Gasteiger partial charge in [-0.1, -0.05) is 17.7 Å². The number of hydrogen-bond acceptors (Lipinski definition) is 2. The Hall–Kier alpha value is -1.35. The lowest BCUT2D eigenvalue weighted by Crippen LogP contribution is -2.44. The zero-order valence-electron chi connectivity index (χ0n) is 12.0. The zero-order valence-corrected chi connectivity index (χ0v) is 12.0. The van der Waals surface area contributed by atoms with Gasteiger partial charge in [0.15, 0.2) is 0 Å². The number of likely N-dealkylation sites (tertiary alicyclic amines) is 1. The van der Waals surface area contributed by atoms with Crippen molar-refractivity contribution >= 4 is 5.91 Å². The van der Waals surface area contributed by atoms with E-state index >= 15 is 0 Å². The van der Waals surface area contributed by atoms with Crippen molar-refractivity contribution in [3.8, 4) is 0 Å². The number of nitrogens with zero attached hydrogens (tertiary/aromatic N) is 1. The van der Waals surface area contributed by atoms with Crippen LogP contribution in [-0.2, 0) is 0 Å². The van der Waals surface area contributed by atoms with Crippen molar-refractivity contribution in [2.45, 2.75) is 38.6 Å². The van der Waals surface area contributed by atoms with Gasteiger partial charge in [-0.05, 0) is 58.3 Å². The quantitative estimate of drug-likeness (QED) is 0.902. The summed E-state index contributed by atoms with van der Waals surface area (Å²) < 4.78 is 0. The summed E-state index contributed by atoms with van der Waals surface area (Å²) in [7, 11) is 1.97. The van der Waals surface area contributed by atoms with Crippen LogP contribution in [0.5, 0.6) is 0 Å². The number of carbonyl (C=O) groups excluding carboxylic acids is 1. The number of carbonyl (C=O) groups is 1. The highest BCUT2D eigenvalue weighted by molar-refractivity contribution is 5.94. The van der Waals surface area contributed by atoms with E-state index in [1.54, 1.807) is 0 Å². The average Bonchev–Trinajstić information content (AvgIpc) is 2.44. The van der Waals surface area contributed by atoms with Crippen LogP contribution in [0.2, 0.25) is 0 Å². The average molecular weight is 260 g/mol. The molecule has 3 heteroatoms. The first kappa shape index (κ1) is 14.1. The van der Waals surface area contributed by atoms with Crippen LogP contribution < -0.4 is 5.32 Å². The van der Waals surface area contributed by atoms with Crippen molar-refractivity contribution in [3.63, 3.8) is 0 Å². The Bertz CT molecular complexity index is 431. The Morgan fingerprint density at radius 3 is 3.00 bits per heavy atom. The Kier molecular flexibility index (Phi) is 4.97. The van der Waals surface area contributed by atoms with Gasteiger partial charge in [0.2, 0.25) is 0 Å². The summed E-state index contributed by atoms with van der Waals surface area (Å²) in [6, 6.07) is 8.32. The lowest BCUT2D eigenvalue weighted by atomic mass is 9.98. The number of nitrogens with one attached hydrogen (secondary N) is 1. The van der Waals surface area contributed by atoms with E-state index < -0.39 is 0 Å². The maximum atomic E-state index is 12.6. The third-order valence-electron chi connectivity index (χ3n) is 3.88. The van der Waals surface area contributed by atoms with Crippen LogP contribution >= 0.6 is 0 Å². The summed E-state index contributed by atoms with van der Waals surface area (Å²) >= 11 is 0. The number of amides is 1. The van der Waals surface area contributed by atoms with E-state index in [0.717, 1.165) is 43.5 Å². The summed E-state index contributed by atoms with van der Waals surface area (Å²) in [5, 5.41) is 3.19. The molecule has 1 saturated heterocycles. The maximum Gasteiger partial charge on any atom is 0.254 e. The lowest BCUT2D eigenvalue weighted by Gasteiger charge is -2.36. The molecule has 1 amide bonds. The predicted molar refractivity (Wildman–Crippen MR) is 78.4 cm³/mol. The first-order valence-corrected chi connectivity index (χ1v) is 7.24. The van der Waals surface area contributed by atoms with Crippen LogP contribution in [0.25, 0.3) is 0 Å². The topological polar surface area (TPSA) is 32.3 Å². The minimum absolute atomic E-state index is 0.199. The Morgan fingerprint density at radius 2 is 2.26 bits per heavy atom. The molecule has 1 atom stereocenters. The largest absolute Gasteiger partial charge is 0.336 e. The molecule has 0 bridgehead atoms. The molecule has 1 N–H and O–H groups in total. The summed E-state index contributed by atoms with van der Waals surface area (Å²) in [6.45, 7) is 3.91. The van der Waals surface area contributed by atoms with Crippen molar-refractivity contribution in [1.29, 1.82) is 0 Å². The number of benzene rings is 1. The van der Waals surface area contributed by atoms with E-state index in [1.807, 2.05) is 38.2 Å². The molecule has 19 heavy (non-hydrogen) atoms. The van der Waals surface area contributed by atoms with E-state index in [4.69, 9.17) is 0 Å². The van der Waals surface area contributed by atoms with E-state index in [-0.39, 0.29) is 5.91 Å². The van der Waals surface area contributed by atoms with Gasteiger partial charge in [0.25, 0.3) is 5.91 Å². The second kappa shape index (κ2) is 6.71. The summed E-state index contributed by atoms with van der Waals surface area (Å²) in [6.07, 6.45) is 4.56. The third-order valence-corrected chi connectivity index (χ3v) is 3.88. The number of hydrogen-bond donors (Lipinski definition) is 1. The van der Waals surface area contributed by atoms with Crippen LogP contribution in [0, 0.1) is 6.92 Å². The van der Waals surface area contributed by atoms with Crippen LogP contribution in [-0.4, -0.2) is 37.0 Å². The summed E-state index contributed by atoms with van der Waals surface area (Å²) in [5.74, 6) is 0.199. The van der Waals surface area contributed by atoms with Gasteiger partial charge >= 0.3 is 0 Å². The second-order valence-corrected chi connectivity index (χ2v) is 5.41. The van der Waals surface area contributed by atoms with Crippen molar-refractivity contribution in [1.82, 2.24) is 10.2 Å². The number of aryl methyl sites for hydroxylation is 1. The number of rotatable bonds is 4. The Balaban J connectivity index is 2.10. The van der Waals surface area contributed by atoms with Gasteiger partial charge in [0.05, 0.1) is 0 Å². The van der Waals surface area contributed by atoms with Crippen LogP contribution in [0.4, 0.5) is 0 Å². The minimum Gasteiger partial charge on any atom is -0.336 e. The fourth-order valence-electron chi connectivity index (χ4n) is 2.82. The molecule has 1 aromatic carbocycles. The van der Waals surface area contributed by atoms with Crippen molar-refractivity contribution < 1.29 is 4.79 Å². The standard InChI is InChI=1S/C16H24N2O/c1-13-6-5-7-14(12-13)16(19)18-11-4-3-8-15(18)9-10-17-2/h5-7,12,15,17H,3-4,8-11H2,1-2H3. The molecule has 0 radical (unpaired) electrons. The minimum atomic E-state index is 0.199. The Morgan fingerprint density at radius 1 is 1.42 bits per heavy atom. The molecule has 1 fully saturated rings. The Labute approximate surface area is 116 Å². The van der Waals surface area contributed by atoms with Gasteiger partial charge in [0.1, 0.15) is 0 Å². The van der Waals surface area contributed by atoms with Crippen LogP contribution in [0.3, 0.4) is 0 Å². The van der Waals surface area contributed by atoms with E-state index in [2.05, 4.69) is 10.2 Å². The van der Waals surface area contributed by atoms with Gasteiger partial charge in [-0.25, -0.2) is 0 Å². The first-order chi connectivity index (χ1) is 9.22. The molecule has 1 unspecified atom stereocenters. The second-order valence-electron chi connectivity index (χ2n) is 5.41. The highest BCUT2D eigenvalue weighted by Crippen LogP contribution is 2.22. The highest BCUT2D eigenvalue weighted by Gasteiger charge is 2.26. The van der Waals surface area contributed by atoms with E-state index in [9.17, 15) is 4.79 Å². The molecule has 1 aromatic rings. The molecule has 1 aliphatic heterocycles. The fourth-order valence-corrected chi connectivity index (χ4v) is 2.82. The van der Waals surface area contributed by atoms with E-state index in [0.29, 0.717) is 6.04 Å². The molecular formula is C16H24N2O. The molecule has 1 aliphatic rings. The van der Waals surface area contributed by atoms with Gasteiger partial charge in [-0.3, -0.25) is 4.79 Å². The zero-order chi connectivity index (χ0) is 13.7. The fraction of sp³-hybridized carbons (Fsp3) is 0.562. The first-order valence-electron chi connectivity index (χ1n) is 7.24.